The van der Waals surface area contributed by atoms with E-state index in [9.17, 15) is 4.39 Å². The van der Waals surface area contributed by atoms with Crippen molar-refractivity contribution in [1.29, 1.82) is 0 Å². The fourth-order valence-corrected chi connectivity index (χ4v) is 1.07. The summed E-state index contributed by atoms with van der Waals surface area (Å²) in [6, 6.07) is 0. The highest BCUT2D eigenvalue weighted by atomic mass is 19.1. The second-order valence-electron chi connectivity index (χ2n) is 5.05. The van der Waals surface area contributed by atoms with Gasteiger partial charge >= 0.3 is 0 Å². The van der Waals surface area contributed by atoms with Crippen molar-refractivity contribution in [2.24, 2.45) is 11.3 Å². The lowest BCUT2D eigenvalue weighted by atomic mass is 9.75. The van der Waals surface area contributed by atoms with Crippen molar-refractivity contribution >= 4 is 0 Å². The fraction of sp³-hybridized carbons (Fsp3) is 1.00. The highest BCUT2D eigenvalue weighted by Crippen LogP contribution is 2.38. The second kappa shape index (κ2) is 3.12. The molecule has 11 heavy (non-hydrogen) atoms. The van der Waals surface area contributed by atoms with Gasteiger partial charge in [0.2, 0.25) is 0 Å². The van der Waals surface area contributed by atoms with Crippen molar-refractivity contribution in [3.8, 4) is 0 Å². The van der Waals surface area contributed by atoms with Gasteiger partial charge in [-0.25, -0.2) is 4.39 Å². The molecule has 1 unspecified atom stereocenters. The average molecular weight is 160 g/mol. The van der Waals surface area contributed by atoms with Crippen LogP contribution in [0, 0.1) is 11.3 Å². The van der Waals surface area contributed by atoms with Crippen LogP contribution in [0.15, 0.2) is 0 Å². The van der Waals surface area contributed by atoms with E-state index in [2.05, 4.69) is 13.8 Å². The van der Waals surface area contributed by atoms with Crippen molar-refractivity contribution in [3.63, 3.8) is 0 Å². The fourth-order valence-electron chi connectivity index (χ4n) is 1.07. The van der Waals surface area contributed by atoms with Crippen LogP contribution in [0.4, 0.5) is 4.39 Å². The molecule has 0 aliphatic heterocycles. The molecule has 0 bridgehead atoms. The van der Waals surface area contributed by atoms with Gasteiger partial charge in [0.05, 0.1) is 0 Å². The smallest absolute Gasteiger partial charge is 0.113 e. The van der Waals surface area contributed by atoms with E-state index in [-0.39, 0.29) is 5.41 Å². The van der Waals surface area contributed by atoms with Crippen molar-refractivity contribution in [2.45, 2.75) is 53.6 Å². The summed E-state index contributed by atoms with van der Waals surface area (Å²) < 4.78 is 13.8. The molecule has 0 saturated heterocycles. The normalized spacial score (nSPS) is 18.5. The second-order valence-corrected chi connectivity index (χ2v) is 5.05. The summed E-state index contributed by atoms with van der Waals surface area (Å²) in [4.78, 5) is 0. The quantitative estimate of drug-likeness (QED) is 0.576. The SMILES string of the molecule is CC(C)CC(C)(F)C(C)(C)C. The molecule has 1 heteroatoms. The van der Waals surface area contributed by atoms with Crippen LogP contribution in [0.5, 0.6) is 0 Å². The van der Waals surface area contributed by atoms with Crippen LogP contribution in [0.3, 0.4) is 0 Å². The molecule has 0 aliphatic rings. The van der Waals surface area contributed by atoms with E-state index in [4.69, 9.17) is 0 Å². The Morgan fingerprint density at radius 3 is 1.55 bits per heavy atom. The lowest BCUT2D eigenvalue weighted by Gasteiger charge is -2.35. The Kier molecular flexibility index (Phi) is 3.10. The van der Waals surface area contributed by atoms with E-state index in [1.807, 2.05) is 20.8 Å². The average Bonchev–Trinajstić information content (AvgIpc) is 1.56. The topological polar surface area (TPSA) is 0 Å². The predicted octanol–water partition coefficient (Wildman–Crippen LogP) is 3.81. The molecule has 0 fully saturated rings. The number of hydrogen-bond donors (Lipinski definition) is 0. The van der Waals surface area contributed by atoms with Crippen LogP contribution >= 0.6 is 0 Å². The van der Waals surface area contributed by atoms with Crippen molar-refractivity contribution < 1.29 is 4.39 Å². The number of hydrogen-bond acceptors (Lipinski definition) is 0. The molecular formula is C10H21F. The first-order valence-corrected chi connectivity index (χ1v) is 4.36. The Balaban J connectivity index is 4.22. The van der Waals surface area contributed by atoms with Crippen molar-refractivity contribution in [3.05, 3.63) is 0 Å². The van der Waals surface area contributed by atoms with E-state index < -0.39 is 5.67 Å². The van der Waals surface area contributed by atoms with Crippen molar-refractivity contribution in [1.82, 2.24) is 0 Å². The predicted molar refractivity (Wildman–Crippen MR) is 48.4 cm³/mol. The van der Waals surface area contributed by atoms with Gasteiger partial charge in [0, 0.05) is 0 Å². The van der Waals surface area contributed by atoms with Gasteiger partial charge in [-0.15, -0.1) is 0 Å². The zero-order valence-corrected chi connectivity index (χ0v) is 8.66. The monoisotopic (exact) mass is 160 g/mol. The Bertz CT molecular complexity index is 117. The molecule has 0 rings (SSSR count). The molecule has 0 radical (unpaired) electrons. The lowest BCUT2D eigenvalue weighted by Crippen LogP contribution is -2.36. The molecule has 0 aromatic heterocycles. The van der Waals surface area contributed by atoms with Crippen LogP contribution in [-0.2, 0) is 0 Å². The largest absolute Gasteiger partial charge is 0.244 e. The third-order valence-corrected chi connectivity index (χ3v) is 2.36. The summed E-state index contributed by atoms with van der Waals surface area (Å²) >= 11 is 0. The highest BCUT2D eigenvalue weighted by Gasteiger charge is 2.37. The molecule has 0 aromatic rings. The maximum Gasteiger partial charge on any atom is 0.113 e. The number of halogens is 1. The minimum atomic E-state index is -1.04. The van der Waals surface area contributed by atoms with Crippen LogP contribution in [0.1, 0.15) is 48.0 Å². The molecule has 0 nitrogen and oxygen atoms in total. The zero-order valence-electron chi connectivity index (χ0n) is 8.66. The number of rotatable bonds is 2. The lowest BCUT2D eigenvalue weighted by molar-refractivity contribution is 0.0275. The van der Waals surface area contributed by atoms with Gasteiger partial charge in [-0.1, -0.05) is 34.6 Å². The van der Waals surface area contributed by atoms with E-state index in [1.165, 1.54) is 0 Å². The summed E-state index contributed by atoms with van der Waals surface area (Å²) in [6.07, 6.45) is 0.649. The first-order valence-electron chi connectivity index (χ1n) is 4.36. The van der Waals surface area contributed by atoms with Crippen LogP contribution in [0.25, 0.3) is 0 Å². The summed E-state index contributed by atoms with van der Waals surface area (Å²) in [7, 11) is 0. The molecule has 1 atom stereocenters. The Morgan fingerprint density at radius 1 is 1.09 bits per heavy atom. The van der Waals surface area contributed by atoms with Gasteiger partial charge in [-0.2, -0.15) is 0 Å². The molecule has 0 aliphatic carbocycles. The van der Waals surface area contributed by atoms with E-state index >= 15 is 0 Å². The van der Waals surface area contributed by atoms with Gasteiger partial charge in [0.1, 0.15) is 5.67 Å². The zero-order chi connectivity index (χ0) is 9.28. The van der Waals surface area contributed by atoms with Crippen LogP contribution < -0.4 is 0 Å². The molecular weight excluding hydrogens is 139 g/mol. The van der Waals surface area contributed by atoms with Crippen molar-refractivity contribution in [2.75, 3.05) is 0 Å². The van der Waals surface area contributed by atoms with Gasteiger partial charge in [-0.05, 0) is 24.7 Å². The van der Waals surface area contributed by atoms with Gasteiger partial charge in [-0.3, -0.25) is 0 Å². The molecule has 0 N–H and O–H groups in total. The Labute approximate surface area is 70.2 Å². The molecule has 0 spiro atoms. The van der Waals surface area contributed by atoms with E-state index in [0.29, 0.717) is 12.3 Å². The summed E-state index contributed by atoms with van der Waals surface area (Å²) in [5.74, 6) is 0.434. The van der Waals surface area contributed by atoms with Gasteiger partial charge in [0.15, 0.2) is 0 Å². The number of alkyl halides is 1. The van der Waals surface area contributed by atoms with Crippen LogP contribution in [-0.4, -0.2) is 5.67 Å². The third kappa shape index (κ3) is 3.22. The first-order chi connectivity index (χ1) is 4.67. The standard InChI is InChI=1S/C10H21F/c1-8(2)7-10(6,11)9(3,4)5/h8H,7H2,1-6H3. The maximum absolute atomic E-state index is 13.8. The summed E-state index contributed by atoms with van der Waals surface area (Å²) in [5.41, 5.74) is -1.28. The molecule has 0 saturated carbocycles. The van der Waals surface area contributed by atoms with Gasteiger partial charge < -0.3 is 0 Å². The highest BCUT2D eigenvalue weighted by molar-refractivity contribution is 4.87. The van der Waals surface area contributed by atoms with Crippen LogP contribution in [0.2, 0.25) is 0 Å². The Morgan fingerprint density at radius 2 is 1.45 bits per heavy atom. The molecule has 0 heterocycles. The summed E-state index contributed by atoms with van der Waals surface area (Å²) in [6.45, 7) is 11.7. The van der Waals surface area contributed by atoms with E-state index in [0.717, 1.165) is 0 Å². The molecule has 0 amide bonds. The van der Waals surface area contributed by atoms with Gasteiger partial charge in [0.25, 0.3) is 0 Å². The minimum Gasteiger partial charge on any atom is -0.244 e. The summed E-state index contributed by atoms with van der Waals surface area (Å²) in [5, 5.41) is 0. The maximum atomic E-state index is 13.8. The first kappa shape index (κ1) is 10.9. The Hall–Kier alpha value is -0.0700. The molecule has 68 valence electrons. The van der Waals surface area contributed by atoms with E-state index in [1.54, 1.807) is 6.92 Å². The minimum absolute atomic E-state index is 0.239. The molecule has 0 aromatic carbocycles. The third-order valence-electron chi connectivity index (χ3n) is 2.36.